The number of anilines is 1. The molecule has 1 saturated carbocycles. The second-order valence-electron chi connectivity index (χ2n) is 8.84. The predicted molar refractivity (Wildman–Crippen MR) is 116 cm³/mol. The van der Waals surface area contributed by atoms with Gasteiger partial charge in [0.2, 0.25) is 0 Å². The van der Waals surface area contributed by atoms with Gasteiger partial charge in [0.1, 0.15) is 0 Å². The lowest BCUT2D eigenvalue weighted by Crippen LogP contribution is -2.36. The third-order valence-corrected chi connectivity index (χ3v) is 5.73. The Morgan fingerprint density at radius 2 is 1.56 bits per heavy atom. The minimum Gasteiger partial charge on any atom is -0.370 e. The second kappa shape index (κ2) is 8.16. The minimum absolute atomic E-state index is 0.0836. The van der Waals surface area contributed by atoms with Crippen molar-refractivity contribution in [2.45, 2.75) is 70.8 Å². The highest BCUT2D eigenvalue weighted by Gasteiger charge is 2.17. The van der Waals surface area contributed by atoms with Crippen LogP contribution in [0.1, 0.15) is 75.5 Å². The third-order valence-electron chi connectivity index (χ3n) is 5.73. The van der Waals surface area contributed by atoms with Gasteiger partial charge in [-0.25, -0.2) is 0 Å². The average molecular weight is 364 g/mol. The first-order valence-electron chi connectivity index (χ1n) is 10.2. The van der Waals surface area contributed by atoms with E-state index in [1.807, 2.05) is 4.90 Å². The summed E-state index contributed by atoms with van der Waals surface area (Å²) in [7, 11) is 0. The topological polar surface area (TPSA) is 53.1 Å². The molecule has 144 valence electrons. The summed E-state index contributed by atoms with van der Waals surface area (Å²) in [5, 5.41) is 8.03. The highest BCUT2D eigenvalue weighted by atomic mass is 15.2. The summed E-state index contributed by atoms with van der Waals surface area (Å²) >= 11 is 0. The molecule has 3 rings (SSSR count). The largest absolute Gasteiger partial charge is 0.370 e. The molecule has 0 spiro atoms. The van der Waals surface area contributed by atoms with Gasteiger partial charge in [0.25, 0.3) is 0 Å². The minimum atomic E-state index is 0.0836. The Kier molecular flexibility index (Phi) is 5.88. The van der Waals surface area contributed by atoms with Crippen LogP contribution in [0.15, 0.2) is 48.5 Å². The first-order chi connectivity index (χ1) is 12.8. The van der Waals surface area contributed by atoms with Crippen LogP contribution in [-0.2, 0) is 12.0 Å². The molecule has 27 heavy (non-hydrogen) atoms. The number of benzene rings is 2. The van der Waals surface area contributed by atoms with Gasteiger partial charge in [-0.1, -0.05) is 76.4 Å². The number of hydrogen-bond acceptors (Lipinski definition) is 1. The second-order valence-corrected chi connectivity index (χ2v) is 8.84. The normalized spacial score (nSPS) is 15.5. The van der Waals surface area contributed by atoms with E-state index in [0.29, 0.717) is 12.5 Å². The summed E-state index contributed by atoms with van der Waals surface area (Å²) in [6.07, 6.45) is 6.67. The van der Waals surface area contributed by atoms with Crippen molar-refractivity contribution < 1.29 is 0 Å². The maximum atomic E-state index is 8.03. The zero-order chi connectivity index (χ0) is 19.4. The van der Waals surface area contributed by atoms with E-state index in [4.69, 9.17) is 11.1 Å². The Morgan fingerprint density at radius 3 is 2.07 bits per heavy atom. The van der Waals surface area contributed by atoms with Gasteiger partial charge in [-0.05, 0) is 53.0 Å². The number of guanidine groups is 1. The van der Waals surface area contributed by atoms with Crippen LogP contribution >= 0.6 is 0 Å². The van der Waals surface area contributed by atoms with Crippen molar-refractivity contribution in [2.75, 3.05) is 4.90 Å². The smallest absolute Gasteiger partial charge is 0.193 e. The molecule has 1 fully saturated rings. The van der Waals surface area contributed by atoms with Crippen LogP contribution in [0.4, 0.5) is 5.69 Å². The first-order valence-corrected chi connectivity index (χ1v) is 10.2. The van der Waals surface area contributed by atoms with Gasteiger partial charge in [0.15, 0.2) is 5.96 Å². The lowest BCUT2D eigenvalue weighted by atomic mass is 9.84. The molecule has 3 N–H and O–H groups in total. The van der Waals surface area contributed by atoms with Crippen LogP contribution in [0.5, 0.6) is 0 Å². The van der Waals surface area contributed by atoms with Crippen molar-refractivity contribution in [3.63, 3.8) is 0 Å². The van der Waals surface area contributed by atoms with Gasteiger partial charge in [0.05, 0.1) is 6.54 Å². The van der Waals surface area contributed by atoms with E-state index in [1.54, 1.807) is 0 Å². The number of rotatable bonds is 4. The van der Waals surface area contributed by atoms with Crippen LogP contribution in [0.3, 0.4) is 0 Å². The molecule has 0 heterocycles. The fourth-order valence-corrected chi connectivity index (χ4v) is 3.97. The van der Waals surface area contributed by atoms with Gasteiger partial charge >= 0.3 is 0 Å². The Morgan fingerprint density at radius 1 is 0.963 bits per heavy atom. The van der Waals surface area contributed by atoms with E-state index >= 15 is 0 Å². The van der Waals surface area contributed by atoms with E-state index in [2.05, 4.69) is 69.3 Å². The number of nitrogens with two attached hydrogens (primary N) is 1. The summed E-state index contributed by atoms with van der Waals surface area (Å²) in [5.74, 6) is 0.781. The predicted octanol–water partition coefficient (Wildman–Crippen LogP) is 5.93. The molecule has 0 aromatic heterocycles. The molecule has 3 heteroatoms. The van der Waals surface area contributed by atoms with E-state index in [1.165, 1.54) is 43.2 Å². The number of hydrogen-bond donors (Lipinski definition) is 2. The molecule has 0 atom stereocenters. The van der Waals surface area contributed by atoms with E-state index < -0.39 is 0 Å². The molecule has 2 aromatic rings. The van der Waals surface area contributed by atoms with Gasteiger partial charge in [-0.15, -0.1) is 0 Å². The Bertz CT molecular complexity index is 748. The molecule has 2 aromatic carbocycles. The van der Waals surface area contributed by atoms with Crippen LogP contribution in [0.25, 0.3) is 0 Å². The van der Waals surface area contributed by atoms with Crippen molar-refractivity contribution in [3.8, 4) is 0 Å². The molecule has 0 bridgehead atoms. The molecule has 1 aliphatic rings. The number of nitrogens with zero attached hydrogens (tertiary/aromatic N) is 1. The summed E-state index contributed by atoms with van der Waals surface area (Å²) in [5.41, 5.74) is 10.9. The van der Waals surface area contributed by atoms with E-state index in [9.17, 15) is 0 Å². The summed E-state index contributed by atoms with van der Waals surface area (Å²) in [6, 6.07) is 17.3. The van der Waals surface area contributed by atoms with Crippen molar-refractivity contribution >= 4 is 11.6 Å². The fraction of sp³-hybridized carbons (Fsp3) is 0.458. The summed E-state index contributed by atoms with van der Waals surface area (Å²) in [4.78, 5) is 1.87. The SMILES string of the molecule is CC(C)(C)c1ccc(CN(C(=N)N)c2ccc(C3CCCCC3)cc2)cc1. The molecule has 0 aliphatic heterocycles. The van der Waals surface area contributed by atoms with Crippen LogP contribution in [0, 0.1) is 5.41 Å². The van der Waals surface area contributed by atoms with Crippen LogP contribution in [-0.4, -0.2) is 5.96 Å². The van der Waals surface area contributed by atoms with Crippen molar-refractivity contribution in [3.05, 3.63) is 65.2 Å². The van der Waals surface area contributed by atoms with Gasteiger partial charge in [-0.2, -0.15) is 0 Å². The molecule has 0 amide bonds. The molecule has 3 nitrogen and oxygen atoms in total. The Labute approximate surface area is 164 Å². The summed E-state index contributed by atoms with van der Waals surface area (Å²) < 4.78 is 0. The molecule has 0 radical (unpaired) electrons. The van der Waals surface area contributed by atoms with Crippen LogP contribution < -0.4 is 10.6 Å². The number of nitrogens with one attached hydrogen (secondary N) is 1. The standard InChI is InChI=1S/C24H33N3/c1-24(2,3)21-13-9-18(10-14-21)17-27(23(25)26)22-15-11-20(12-16-22)19-7-5-4-6-8-19/h9-16,19H,4-8,17H2,1-3H3,(H3,25,26). The molecular formula is C24H33N3. The third kappa shape index (κ3) is 4.91. The fourth-order valence-electron chi connectivity index (χ4n) is 3.97. The maximum absolute atomic E-state index is 8.03. The Balaban J connectivity index is 1.74. The van der Waals surface area contributed by atoms with Crippen molar-refractivity contribution in [1.82, 2.24) is 0 Å². The van der Waals surface area contributed by atoms with Gasteiger partial charge < -0.3 is 10.6 Å². The lowest BCUT2D eigenvalue weighted by Gasteiger charge is -2.26. The zero-order valence-electron chi connectivity index (χ0n) is 17.0. The van der Waals surface area contributed by atoms with Crippen molar-refractivity contribution in [2.24, 2.45) is 5.73 Å². The lowest BCUT2D eigenvalue weighted by molar-refractivity contribution is 0.443. The van der Waals surface area contributed by atoms with Gasteiger partial charge in [0, 0.05) is 5.69 Å². The molecule has 1 aliphatic carbocycles. The monoisotopic (exact) mass is 363 g/mol. The molecule has 0 saturated heterocycles. The van der Waals surface area contributed by atoms with E-state index in [-0.39, 0.29) is 11.4 Å². The Hall–Kier alpha value is -2.29. The summed E-state index contributed by atoms with van der Waals surface area (Å²) in [6.45, 7) is 7.27. The molecule has 0 unspecified atom stereocenters. The highest BCUT2D eigenvalue weighted by molar-refractivity contribution is 5.92. The zero-order valence-corrected chi connectivity index (χ0v) is 17.0. The van der Waals surface area contributed by atoms with Gasteiger partial charge in [-0.3, -0.25) is 5.41 Å². The maximum Gasteiger partial charge on any atom is 0.193 e. The van der Waals surface area contributed by atoms with Crippen LogP contribution in [0.2, 0.25) is 0 Å². The first kappa shape index (κ1) is 19.5. The quantitative estimate of drug-likeness (QED) is 0.522. The highest BCUT2D eigenvalue weighted by Crippen LogP contribution is 2.33. The molecular weight excluding hydrogens is 330 g/mol. The average Bonchev–Trinajstić information content (AvgIpc) is 2.66. The van der Waals surface area contributed by atoms with E-state index in [0.717, 1.165) is 11.3 Å². The van der Waals surface area contributed by atoms with Crippen molar-refractivity contribution in [1.29, 1.82) is 5.41 Å².